The largest absolute Gasteiger partial charge is 0.389 e. The minimum Gasteiger partial charge on any atom is -0.389 e. The lowest BCUT2D eigenvalue weighted by Gasteiger charge is -2.25. The van der Waals surface area contributed by atoms with E-state index in [2.05, 4.69) is 0 Å². The summed E-state index contributed by atoms with van der Waals surface area (Å²) >= 11 is 0. The van der Waals surface area contributed by atoms with Gasteiger partial charge in [0.05, 0.1) is 5.60 Å². The molecule has 0 rings (SSSR count). The molecule has 3 nitrogen and oxygen atoms in total. The molecule has 0 aromatic rings. The molecule has 0 fully saturated rings. The molecular weight excluding hydrogens is 168 g/mol. The summed E-state index contributed by atoms with van der Waals surface area (Å²) in [4.78, 5) is 11.4. The topological polar surface area (TPSA) is 40.5 Å². The average Bonchev–Trinajstić information content (AvgIpc) is 1.82. The van der Waals surface area contributed by atoms with Crippen molar-refractivity contribution in [1.29, 1.82) is 0 Å². The van der Waals surface area contributed by atoms with Gasteiger partial charge in [-0.2, -0.15) is 8.78 Å². The molecule has 72 valence electrons. The van der Waals surface area contributed by atoms with Crippen LogP contribution in [0.2, 0.25) is 0 Å². The van der Waals surface area contributed by atoms with E-state index in [-0.39, 0.29) is 6.54 Å². The molecule has 0 aliphatic carbocycles. The maximum atomic E-state index is 11.8. The zero-order valence-corrected chi connectivity index (χ0v) is 7.34. The van der Waals surface area contributed by atoms with Gasteiger partial charge in [0.25, 0.3) is 5.91 Å². The molecule has 0 aromatic carbocycles. The number of rotatable bonds is 3. The number of aliphatic hydroxyl groups is 1. The number of amides is 1. The predicted octanol–water partition coefficient (Wildman–Crippen LogP) is 0.481. The molecule has 0 aliphatic rings. The number of carbonyl (C=O) groups excluding carboxylic acids is 1. The summed E-state index contributed by atoms with van der Waals surface area (Å²) in [5, 5.41) is 9.18. The van der Waals surface area contributed by atoms with Crippen LogP contribution in [0.15, 0.2) is 0 Å². The van der Waals surface area contributed by atoms with E-state index in [4.69, 9.17) is 0 Å². The lowest BCUT2D eigenvalue weighted by atomic mass is 10.1. The number of carbonyl (C=O) groups is 1. The third-order valence-corrected chi connectivity index (χ3v) is 1.19. The van der Waals surface area contributed by atoms with Crippen LogP contribution in [0, 0.1) is 0 Å². The van der Waals surface area contributed by atoms with Crippen molar-refractivity contribution in [2.24, 2.45) is 0 Å². The second-order valence-corrected chi connectivity index (χ2v) is 3.31. The molecule has 0 bridgehead atoms. The summed E-state index contributed by atoms with van der Waals surface area (Å²) in [5.41, 5.74) is -1.14. The highest BCUT2D eigenvalue weighted by Crippen LogP contribution is 2.06. The maximum Gasteiger partial charge on any atom is 0.315 e. The molecule has 12 heavy (non-hydrogen) atoms. The van der Waals surface area contributed by atoms with E-state index >= 15 is 0 Å². The Labute approximate surface area is 70.0 Å². The molecule has 0 heterocycles. The van der Waals surface area contributed by atoms with Crippen LogP contribution in [0.3, 0.4) is 0 Å². The Bertz CT molecular complexity index is 165. The summed E-state index contributed by atoms with van der Waals surface area (Å²) in [6.07, 6.45) is -3.00. The van der Waals surface area contributed by atoms with Gasteiger partial charge in [0.1, 0.15) is 0 Å². The van der Waals surface area contributed by atoms with Gasteiger partial charge < -0.3 is 10.0 Å². The fourth-order valence-corrected chi connectivity index (χ4v) is 0.825. The average molecular weight is 181 g/mol. The summed E-state index contributed by atoms with van der Waals surface area (Å²) in [7, 11) is 1.23. The molecule has 0 spiro atoms. The first-order valence-electron chi connectivity index (χ1n) is 3.49. The molecule has 0 aromatic heterocycles. The highest BCUT2D eigenvalue weighted by atomic mass is 19.3. The Morgan fingerprint density at radius 1 is 1.58 bits per heavy atom. The highest BCUT2D eigenvalue weighted by molar-refractivity contribution is 5.79. The van der Waals surface area contributed by atoms with Crippen molar-refractivity contribution in [1.82, 2.24) is 4.90 Å². The van der Waals surface area contributed by atoms with Crippen LogP contribution < -0.4 is 0 Å². The van der Waals surface area contributed by atoms with Crippen molar-refractivity contribution in [3.8, 4) is 0 Å². The van der Waals surface area contributed by atoms with Gasteiger partial charge in [-0.15, -0.1) is 0 Å². The fourth-order valence-electron chi connectivity index (χ4n) is 0.825. The van der Waals surface area contributed by atoms with Crippen LogP contribution >= 0.6 is 0 Å². The Kier molecular flexibility index (Phi) is 3.57. The summed E-state index contributed by atoms with van der Waals surface area (Å²) in [5.74, 6) is -1.27. The highest BCUT2D eigenvalue weighted by Gasteiger charge is 2.24. The number of hydrogen-bond acceptors (Lipinski definition) is 2. The Balaban J connectivity index is 4.05. The second kappa shape index (κ2) is 3.80. The van der Waals surface area contributed by atoms with Gasteiger partial charge in [-0.3, -0.25) is 4.79 Å². The van der Waals surface area contributed by atoms with E-state index in [1.54, 1.807) is 0 Å². The zero-order valence-electron chi connectivity index (χ0n) is 7.34. The Morgan fingerprint density at radius 3 is 2.25 bits per heavy atom. The van der Waals surface area contributed by atoms with Crippen LogP contribution in [0.4, 0.5) is 8.78 Å². The molecule has 0 unspecified atom stereocenters. The molecule has 1 amide bonds. The van der Waals surface area contributed by atoms with E-state index in [9.17, 15) is 18.7 Å². The van der Waals surface area contributed by atoms with E-state index in [1.165, 1.54) is 20.9 Å². The first-order chi connectivity index (χ1) is 5.24. The van der Waals surface area contributed by atoms with E-state index in [0.29, 0.717) is 0 Å². The lowest BCUT2D eigenvalue weighted by Crippen LogP contribution is -2.42. The van der Waals surface area contributed by atoms with Crippen molar-refractivity contribution in [2.75, 3.05) is 13.6 Å². The second-order valence-electron chi connectivity index (χ2n) is 3.31. The molecule has 0 atom stereocenters. The Morgan fingerprint density at radius 2 is 2.00 bits per heavy atom. The van der Waals surface area contributed by atoms with E-state index in [1.807, 2.05) is 0 Å². The van der Waals surface area contributed by atoms with Crippen molar-refractivity contribution in [3.63, 3.8) is 0 Å². The third kappa shape index (κ3) is 4.23. The van der Waals surface area contributed by atoms with Gasteiger partial charge >= 0.3 is 6.43 Å². The molecule has 0 saturated carbocycles. The lowest BCUT2D eigenvalue weighted by molar-refractivity contribution is -0.144. The van der Waals surface area contributed by atoms with Gasteiger partial charge in [0, 0.05) is 13.6 Å². The number of likely N-dealkylation sites (N-methyl/N-ethyl adjacent to an activating group) is 1. The van der Waals surface area contributed by atoms with Crippen molar-refractivity contribution < 1.29 is 18.7 Å². The minimum absolute atomic E-state index is 0.101. The molecule has 5 heteroatoms. The molecular formula is C7H13F2NO2. The molecule has 1 N–H and O–H groups in total. The fraction of sp³-hybridized carbons (Fsp3) is 0.857. The Hall–Kier alpha value is -0.710. The zero-order chi connectivity index (χ0) is 9.94. The number of nitrogens with zero attached hydrogens (tertiary/aromatic N) is 1. The van der Waals surface area contributed by atoms with Gasteiger partial charge in [-0.1, -0.05) is 0 Å². The number of alkyl halides is 2. The summed E-state index contributed by atoms with van der Waals surface area (Å²) < 4.78 is 23.6. The third-order valence-electron chi connectivity index (χ3n) is 1.19. The standard InChI is InChI=1S/C7H13F2NO2/c1-7(2,12)4-10(3)6(11)5(8)9/h5,12H,4H2,1-3H3. The van der Waals surface area contributed by atoms with Crippen LogP contribution in [0.1, 0.15) is 13.8 Å². The maximum absolute atomic E-state index is 11.8. The smallest absolute Gasteiger partial charge is 0.315 e. The monoisotopic (exact) mass is 181 g/mol. The molecule has 0 aliphatic heterocycles. The van der Waals surface area contributed by atoms with Crippen LogP contribution in [-0.4, -0.2) is 41.5 Å². The van der Waals surface area contributed by atoms with Crippen molar-refractivity contribution in [2.45, 2.75) is 25.9 Å². The van der Waals surface area contributed by atoms with Crippen LogP contribution in [-0.2, 0) is 4.79 Å². The van der Waals surface area contributed by atoms with Gasteiger partial charge in [0.15, 0.2) is 0 Å². The normalized spacial score (nSPS) is 11.9. The van der Waals surface area contributed by atoms with E-state index in [0.717, 1.165) is 4.90 Å². The molecule has 0 radical (unpaired) electrons. The van der Waals surface area contributed by atoms with E-state index < -0.39 is 17.9 Å². The van der Waals surface area contributed by atoms with Gasteiger partial charge in [-0.25, -0.2) is 0 Å². The number of halogens is 2. The summed E-state index contributed by atoms with van der Waals surface area (Å²) in [6, 6.07) is 0. The predicted molar refractivity (Wildman–Crippen MR) is 39.9 cm³/mol. The molecule has 0 saturated heterocycles. The van der Waals surface area contributed by atoms with Crippen LogP contribution in [0.25, 0.3) is 0 Å². The van der Waals surface area contributed by atoms with Gasteiger partial charge in [0.2, 0.25) is 0 Å². The first kappa shape index (κ1) is 11.3. The minimum atomic E-state index is -3.00. The number of hydrogen-bond donors (Lipinski definition) is 1. The quantitative estimate of drug-likeness (QED) is 0.688. The van der Waals surface area contributed by atoms with Crippen molar-refractivity contribution >= 4 is 5.91 Å². The van der Waals surface area contributed by atoms with Crippen molar-refractivity contribution in [3.05, 3.63) is 0 Å². The summed E-state index contributed by atoms with van der Waals surface area (Å²) in [6.45, 7) is 2.79. The SMILES string of the molecule is CN(CC(C)(C)O)C(=O)C(F)F. The van der Waals surface area contributed by atoms with Gasteiger partial charge in [-0.05, 0) is 13.8 Å². The van der Waals surface area contributed by atoms with Crippen LogP contribution in [0.5, 0.6) is 0 Å². The first-order valence-corrected chi connectivity index (χ1v) is 3.49.